The minimum Gasteiger partial charge on any atom is -0.445 e. The van der Waals surface area contributed by atoms with Gasteiger partial charge >= 0.3 is 6.09 Å². The van der Waals surface area contributed by atoms with Gasteiger partial charge < -0.3 is 20.4 Å². The van der Waals surface area contributed by atoms with Crippen molar-refractivity contribution in [2.45, 2.75) is 31.9 Å². The number of para-hydroxylation sites is 1. The predicted octanol–water partition coefficient (Wildman–Crippen LogP) is 4.06. The number of alkyl carbamates (subject to hydrolysis) is 1. The molecular formula is C27H26N4O5S. The molecule has 0 aliphatic carbocycles. The third-order valence-electron chi connectivity index (χ3n) is 5.54. The van der Waals surface area contributed by atoms with Gasteiger partial charge in [-0.2, -0.15) is 0 Å². The van der Waals surface area contributed by atoms with E-state index in [1.54, 1.807) is 0 Å². The van der Waals surface area contributed by atoms with Crippen molar-refractivity contribution in [3.63, 3.8) is 0 Å². The Bertz CT molecular complexity index is 1400. The first-order valence-corrected chi connectivity index (χ1v) is 12.7. The Kier molecular flexibility index (Phi) is 8.77. The Morgan fingerprint density at radius 1 is 0.946 bits per heavy atom. The largest absolute Gasteiger partial charge is 0.445 e. The molecule has 4 aromatic rings. The maximum Gasteiger partial charge on any atom is 0.407 e. The van der Waals surface area contributed by atoms with Gasteiger partial charge in [0.1, 0.15) is 12.3 Å². The summed E-state index contributed by atoms with van der Waals surface area (Å²) in [6, 6.07) is 20.2. The number of benzene rings is 2. The summed E-state index contributed by atoms with van der Waals surface area (Å²) < 4.78 is 6.07. The van der Waals surface area contributed by atoms with Crippen LogP contribution in [0.25, 0.3) is 10.2 Å². The SMILES string of the molecule is O=C(NCCCC[C@H](NC(=O)c1cccc(=O)[nH]1)C(=O)c1nc2ccccc2s1)OCc1ccccc1. The van der Waals surface area contributed by atoms with Crippen LogP contribution in [0.1, 0.15) is 45.1 Å². The highest BCUT2D eigenvalue weighted by Crippen LogP contribution is 2.23. The number of hydrogen-bond donors (Lipinski definition) is 3. The van der Waals surface area contributed by atoms with Gasteiger partial charge in [0.2, 0.25) is 11.3 Å². The molecule has 0 fully saturated rings. The number of rotatable bonds is 11. The maximum absolute atomic E-state index is 13.3. The van der Waals surface area contributed by atoms with Gasteiger partial charge in [-0.3, -0.25) is 14.4 Å². The molecule has 2 amide bonds. The van der Waals surface area contributed by atoms with Crippen LogP contribution in [0.2, 0.25) is 0 Å². The third kappa shape index (κ3) is 7.34. The molecule has 1 atom stereocenters. The summed E-state index contributed by atoms with van der Waals surface area (Å²) in [6.07, 6.45) is 0.930. The molecule has 0 saturated heterocycles. The smallest absolute Gasteiger partial charge is 0.407 e. The fourth-order valence-corrected chi connectivity index (χ4v) is 4.61. The van der Waals surface area contributed by atoms with E-state index < -0.39 is 23.6 Å². The molecular weight excluding hydrogens is 492 g/mol. The molecule has 190 valence electrons. The first-order valence-electron chi connectivity index (χ1n) is 11.8. The van der Waals surface area contributed by atoms with E-state index in [1.807, 2.05) is 54.6 Å². The lowest BCUT2D eigenvalue weighted by molar-refractivity contribution is 0.0848. The molecule has 0 saturated carbocycles. The lowest BCUT2D eigenvalue weighted by Crippen LogP contribution is -2.41. The topological polar surface area (TPSA) is 130 Å². The van der Waals surface area contributed by atoms with E-state index in [1.165, 1.54) is 29.5 Å². The van der Waals surface area contributed by atoms with Crippen molar-refractivity contribution in [3.05, 3.63) is 99.4 Å². The third-order valence-corrected chi connectivity index (χ3v) is 6.59. The van der Waals surface area contributed by atoms with Crippen molar-refractivity contribution >= 4 is 39.3 Å². The quantitative estimate of drug-likeness (QED) is 0.203. The number of ketones is 1. The van der Waals surface area contributed by atoms with Crippen molar-refractivity contribution in [3.8, 4) is 0 Å². The first kappa shape index (κ1) is 25.8. The summed E-state index contributed by atoms with van der Waals surface area (Å²) in [5.74, 6) is -0.858. The molecule has 9 nitrogen and oxygen atoms in total. The van der Waals surface area contributed by atoms with Crippen molar-refractivity contribution < 1.29 is 19.1 Å². The van der Waals surface area contributed by atoms with Crippen molar-refractivity contribution in [2.75, 3.05) is 6.54 Å². The molecule has 4 rings (SSSR count). The summed E-state index contributed by atoms with van der Waals surface area (Å²) >= 11 is 1.27. The van der Waals surface area contributed by atoms with Gasteiger partial charge in [-0.1, -0.05) is 48.5 Å². The lowest BCUT2D eigenvalue weighted by Gasteiger charge is -2.16. The highest BCUT2D eigenvalue weighted by molar-refractivity contribution is 7.20. The number of ether oxygens (including phenoxy) is 1. The van der Waals surface area contributed by atoms with Gasteiger partial charge in [-0.05, 0) is 43.0 Å². The standard InChI is InChI=1S/C27H26N4O5S/c32-23-15-8-13-21(29-23)25(34)30-20(24(33)26-31-19-11-4-5-14-22(19)37-26)12-6-7-16-28-27(35)36-17-18-9-2-1-3-10-18/h1-5,8-11,13-15,20H,6-7,12,16-17H2,(H,28,35)(H,29,32)(H,30,34)/t20-/m0/s1. The van der Waals surface area contributed by atoms with Crippen molar-refractivity contribution in [1.82, 2.24) is 20.6 Å². The zero-order valence-electron chi connectivity index (χ0n) is 19.9. The summed E-state index contributed by atoms with van der Waals surface area (Å²) in [6.45, 7) is 0.536. The number of unbranched alkanes of at least 4 members (excludes halogenated alkanes) is 1. The van der Waals surface area contributed by atoms with Crippen molar-refractivity contribution in [1.29, 1.82) is 0 Å². The molecule has 3 N–H and O–H groups in total. The fourth-order valence-electron chi connectivity index (χ4n) is 3.65. The predicted molar refractivity (Wildman–Crippen MR) is 141 cm³/mol. The number of amides is 2. The Hall–Kier alpha value is -4.31. The van der Waals surface area contributed by atoms with E-state index in [2.05, 4.69) is 20.6 Å². The average Bonchev–Trinajstić information content (AvgIpc) is 3.35. The van der Waals surface area contributed by atoms with Crippen LogP contribution in [0.4, 0.5) is 4.79 Å². The molecule has 0 radical (unpaired) electrons. The second kappa shape index (κ2) is 12.6. The van der Waals surface area contributed by atoms with Crippen LogP contribution >= 0.6 is 11.3 Å². The molecule has 2 heterocycles. The summed E-state index contributed by atoms with van der Waals surface area (Å²) in [5.41, 5.74) is 1.26. The summed E-state index contributed by atoms with van der Waals surface area (Å²) in [4.78, 5) is 56.5. The zero-order valence-corrected chi connectivity index (χ0v) is 20.8. The van der Waals surface area contributed by atoms with Crippen LogP contribution in [0.15, 0.2) is 77.6 Å². The monoisotopic (exact) mass is 518 g/mol. The van der Waals surface area contributed by atoms with Gasteiger partial charge in [-0.15, -0.1) is 11.3 Å². The van der Waals surface area contributed by atoms with Crippen LogP contribution in [0.5, 0.6) is 0 Å². The number of Topliss-reactive ketones (excluding diaryl/α,β-unsaturated/α-hetero) is 1. The lowest BCUT2D eigenvalue weighted by atomic mass is 10.0. The number of aromatic nitrogens is 2. The minimum atomic E-state index is -0.846. The van der Waals surface area contributed by atoms with Crippen molar-refractivity contribution in [2.24, 2.45) is 0 Å². The molecule has 0 unspecified atom stereocenters. The number of hydrogen-bond acceptors (Lipinski definition) is 7. The molecule has 10 heteroatoms. The van der Waals surface area contributed by atoms with Gasteiger partial charge in [0.25, 0.3) is 5.91 Å². The van der Waals surface area contributed by atoms with E-state index in [0.717, 1.165) is 10.3 Å². The van der Waals surface area contributed by atoms with Crippen LogP contribution in [0.3, 0.4) is 0 Å². The molecule has 0 aliphatic heterocycles. The number of carbonyl (C=O) groups is 3. The Morgan fingerprint density at radius 2 is 1.73 bits per heavy atom. The molecule has 0 bridgehead atoms. The van der Waals surface area contributed by atoms with Gasteiger partial charge in [0.05, 0.1) is 16.3 Å². The molecule has 2 aromatic heterocycles. The second-order valence-electron chi connectivity index (χ2n) is 8.29. The molecule has 37 heavy (non-hydrogen) atoms. The number of H-pyrrole nitrogens is 1. The van der Waals surface area contributed by atoms with E-state index in [4.69, 9.17) is 4.74 Å². The van der Waals surface area contributed by atoms with Gasteiger partial charge in [0, 0.05) is 12.6 Å². The van der Waals surface area contributed by atoms with Crippen LogP contribution in [0, 0.1) is 0 Å². The van der Waals surface area contributed by atoms with Crippen LogP contribution < -0.4 is 16.2 Å². The van der Waals surface area contributed by atoms with Gasteiger partial charge in [0.15, 0.2) is 5.01 Å². The van der Waals surface area contributed by atoms with Crippen LogP contribution in [-0.4, -0.2) is 40.3 Å². The number of carbonyl (C=O) groups excluding carboxylic acids is 3. The van der Waals surface area contributed by atoms with E-state index in [0.29, 0.717) is 36.3 Å². The average molecular weight is 519 g/mol. The first-order chi connectivity index (χ1) is 18.0. The number of nitrogens with one attached hydrogen (secondary N) is 3. The van der Waals surface area contributed by atoms with E-state index in [9.17, 15) is 19.2 Å². The van der Waals surface area contributed by atoms with Crippen LogP contribution in [-0.2, 0) is 11.3 Å². The highest BCUT2D eigenvalue weighted by Gasteiger charge is 2.25. The molecule has 0 spiro atoms. The minimum absolute atomic E-state index is 0.0671. The number of nitrogens with zero attached hydrogens (tertiary/aromatic N) is 1. The Balaban J connectivity index is 1.33. The number of aromatic amines is 1. The molecule has 2 aromatic carbocycles. The van der Waals surface area contributed by atoms with E-state index in [-0.39, 0.29) is 18.1 Å². The van der Waals surface area contributed by atoms with E-state index >= 15 is 0 Å². The number of pyridine rings is 1. The summed E-state index contributed by atoms with van der Waals surface area (Å²) in [5, 5.41) is 5.73. The van der Waals surface area contributed by atoms with Gasteiger partial charge in [-0.25, -0.2) is 9.78 Å². The number of fused-ring (bicyclic) bond motifs is 1. The maximum atomic E-state index is 13.3. The second-order valence-corrected chi connectivity index (χ2v) is 9.32. The molecule has 0 aliphatic rings. The fraction of sp³-hybridized carbons (Fsp3) is 0.222. The normalized spacial score (nSPS) is 11.6. The zero-order chi connectivity index (χ0) is 26.0. The number of thiazole rings is 1. The Morgan fingerprint density at radius 3 is 2.51 bits per heavy atom. The summed E-state index contributed by atoms with van der Waals surface area (Å²) in [7, 11) is 0. The Labute approximate surface area is 216 Å². The highest BCUT2D eigenvalue weighted by atomic mass is 32.1.